The number of benzene rings is 1. The molecule has 2 amide bonds. The van der Waals surface area contributed by atoms with E-state index >= 15 is 0 Å². The summed E-state index contributed by atoms with van der Waals surface area (Å²) >= 11 is 6.62. The molecule has 0 radical (unpaired) electrons. The average Bonchev–Trinajstić information content (AvgIpc) is 2.84. The molecule has 6 nitrogen and oxygen atoms in total. The van der Waals surface area contributed by atoms with Crippen molar-refractivity contribution in [2.24, 2.45) is 0 Å². The number of anilines is 1. The fourth-order valence-electron chi connectivity index (χ4n) is 2.37. The zero-order valence-corrected chi connectivity index (χ0v) is 14.1. The molecule has 2 aromatic rings. The first-order valence-electron chi connectivity index (χ1n) is 7.05. The van der Waals surface area contributed by atoms with Gasteiger partial charge in [-0.15, -0.1) is 0 Å². The number of hydrogen-bond donors (Lipinski definition) is 1. The largest absolute Gasteiger partial charge is 0.478 e. The normalized spacial score (nSPS) is 17.2. The van der Waals surface area contributed by atoms with Crippen LogP contribution in [-0.2, 0) is 9.59 Å². The summed E-state index contributed by atoms with van der Waals surface area (Å²) in [7, 11) is 0. The third kappa shape index (κ3) is 3.35. The second kappa shape index (κ2) is 6.81. The summed E-state index contributed by atoms with van der Waals surface area (Å²) in [5, 5.41) is 8.31. The maximum Gasteiger partial charge on any atom is 0.338 e. The van der Waals surface area contributed by atoms with Crippen LogP contribution < -0.4 is 4.90 Å². The van der Waals surface area contributed by atoms with E-state index in [-0.39, 0.29) is 27.7 Å². The molecular weight excluding hydrogens is 371 g/mol. The van der Waals surface area contributed by atoms with Gasteiger partial charge in [-0.05, 0) is 30.3 Å². The van der Waals surface area contributed by atoms with Crippen molar-refractivity contribution in [2.45, 2.75) is 16.7 Å². The fraction of sp³-hybridized carbons (Fsp3) is 0.125. The molecule has 1 saturated heterocycles. The number of carbonyl (C=O) groups is 3. The standard InChI is InChI=1S/C16H10ClFN2O4S/c17-10-6-8(3-4-11(10)18)20-13(21)7-12(15(20)22)25-14-9(16(23)24)2-1-5-19-14/h1-6,12H,7H2,(H,23,24)/t12-/m1/s1. The number of thioether (sulfide) groups is 1. The summed E-state index contributed by atoms with van der Waals surface area (Å²) in [6, 6.07) is 6.40. The number of rotatable bonds is 4. The van der Waals surface area contributed by atoms with Crippen LogP contribution in [0.2, 0.25) is 5.02 Å². The summed E-state index contributed by atoms with van der Waals surface area (Å²) in [5.41, 5.74) is 0.125. The molecule has 0 saturated carbocycles. The number of carbonyl (C=O) groups excluding carboxylic acids is 2. The first-order chi connectivity index (χ1) is 11.9. The minimum absolute atomic E-state index is 0.0453. The monoisotopic (exact) mass is 380 g/mol. The molecule has 25 heavy (non-hydrogen) atoms. The maximum atomic E-state index is 13.3. The molecule has 0 unspecified atom stereocenters. The summed E-state index contributed by atoms with van der Waals surface area (Å²) in [5.74, 6) is -2.83. The first kappa shape index (κ1) is 17.4. The number of carboxylic acid groups (broad SMARTS) is 1. The number of hydrogen-bond acceptors (Lipinski definition) is 5. The summed E-state index contributed by atoms with van der Waals surface area (Å²) < 4.78 is 13.3. The number of nitrogens with zero attached hydrogens (tertiary/aromatic N) is 2. The number of amides is 2. The van der Waals surface area contributed by atoms with Crippen molar-refractivity contribution in [2.75, 3.05) is 4.90 Å². The molecular formula is C16H10ClFN2O4S. The number of aromatic nitrogens is 1. The maximum absolute atomic E-state index is 13.3. The van der Waals surface area contributed by atoms with Gasteiger partial charge in [0.2, 0.25) is 11.8 Å². The third-order valence-corrected chi connectivity index (χ3v) is 5.01. The van der Waals surface area contributed by atoms with Gasteiger partial charge in [-0.1, -0.05) is 23.4 Å². The molecule has 0 aliphatic carbocycles. The van der Waals surface area contributed by atoms with E-state index in [1.165, 1.54) is 30.5 Å². The van der Waals surface area contributed by atoms with Gasteiger partial charge in [-0.25, -0.2) is 19.1 Å². The molecule has 1 aliphatic rings. The predicted molar refractivity (Wildman–Crippen MR) is 89.4 cm³/mol. The van der Waals surface area contributed by atoms with Crippen LogP contribution in [0, 0.1) is 5.82 Å². The molecule has 1 N–H and O–H groups in total. The average molecular weight is 381 g/mol. The molecule has 0 bridgehead atoms. The Bertz CT molecular complexity index is 892. The lowest BCUT2D eigenvalue weighted by molar-refractivity contribution is -0.121. The predicted octanol–water partition coefficient (Wildman–Crippen LogP) is 3.00. The number of halogens is 2. The Morgan fingerprint density at radius 2 is 2.12 bits per heavy atom. The summed E-state index contributed by atoms with van der Waals surface area (Å²) in [6.07, 6.45) is 1.29. The number of carboxylic acids is 1. The molecule has 1 aromatic carbocycles. The van der Waals surface area contributed by atoms with Crippen molar-refractivity contribution in [3.05, 3.63) is 52.9 Å². The lowest BCUT2D eigenvalue weighted by atomic mass is 10.3. The first-order valence-corrected chi connectivity index (χ1v) is 8.31. The number of imide groups is 1. The lowest BCUT2D eigenvalue weighted by Crippen LogP contribution is -2.31. The Balaban J connectivity index is 1.87. The van der Waals surface area contributed by atoms with Crippen LogP contribution in [0.5, 0.6) is 0 Å². The highest BCUT2D eigenvalue weighted by Gasteiger charge is 2.41. The highest BCUT2D eigenvalue weighted by Crippen LogP contribution is 2.35. The summed E-state index contributed by atoms with van der Waals surface area (Å²) in [6.45, 7) is 0. The smallest absolute Gasteiger partial charge is 0.338 e. The minimum atomic E-state index is -1.17. The van der Waals surface area contributed by atoms with Gasteiger partial charge < -0.3 is 5.11 Å². The molecule has 1 aliphatic heterocycles. The Morgan fingerprint density at radius 1 is 1.36 bits per heavy atom. The molecule has 1 atom stereocenters. The van der Waals surface area contributed by atoms with E-state index < -0.39 is 28.9 Å². The topological polar surface area (TPSA) is 87.6 Å². The highest BCUT2D eigenvalue weighted by atomic mass is 35.5. The van der Waals surface area contributed by atoms with Gasteiger partial charge in [0.25, 0.3) is 0 Å². The number of pyridine rings is 1. The molecule has 0 spiro atoms. The van der Waals surface area contributed by atoms with Gasteiger partial charge in [-0.2, -0.15) is 0 Å². The van der Waals surface area contributed by atoms with Gasteiger partial charge >= 0.3 is 5.97 Å². The van der Waals surface area contributed by atoms with Crippen LogP contribution in [0.15, 0.2) is 41.6 Å². The third-order valence-electron chi connectivity index (χ3n) is 3.52. The second-order valence-corrected chi connectivity index (χ2v) is 6.74. The van der Waals surface area contributed by atoms with Gasteiger partial charge in [0, 0.05) is 12.6 Å². The van der Waals surface area contributed by atoms with Gasteiger partial charge in [0.05, 0.1) is 21.5 Å². The van der Waals surface area contributed by atoms with Crippen molar-refractivity contribution in [3.8, 4) is 0 Å². The van der Waals surface area contributed by atoms with Crippen molar-refractivity contribution < 1.29 is 23.9 Å². The van der Waals surface area contributed by atoms with E-state index in [0.717, 1.165) is 22.7 Å². The van der Waals surface area contributed by atoms with Crippen LogP contribution in [0.3, 0.4) is 0 Å². The van der Waals surface area contributed by atoms with Crippen LogP contribution >= 0.6 is 23.4 Å². The van der Waals surface area contributed by atoms with E-state index in [9.17, 15) is 23.9 Å². The van der Waals surface area contributed by atoms with E-state index in [0.29, 0.717) is 0 Å². The molecule has 3 rings (SSSR count). The van der Waals surface area contributed by atoms with Crippen molar-refractivity contribution in [3.63, 3.8) is 0 Å². The quantitative estimate of drug-likeness (QED) is 0.820. The van der Waals surface area contributed by atoms with Crippen molar-refractivity contribution >= 4 is 46.8 Å². The minimum Gasteiger partial charge on any atom is -0.478 e. The zero-order valence-electron chi connectivity index (χ0n) is 12.5. The van der Waals surface area contributed by atoms with E-state index in [1.54, 1.807) is 0 Å². The van der Waals surface area contributed by atoms with Crippen LogP contribution in [0.1, 0.15) is 16.8 Å². The number of aromatic carboxylic acids is 1. The van der Waals surface area contributed by atoms with Gasteiger partial charge in [0.15, 0.2) is 0 Å². The van der Waals surface area contributed by atoms with Crippen LogP contribution in [0.25, 0.3) is 0 Å². The molecule has 128 valence electrons. The summed E-state index contributed by atoms with van der Waals surface area (Å²) in [4.78, 5) is 40.9. The fourth-order valence-corrected chi connectivity index (χ4v) is 3.65. The zero-order chi connectivity index (χ0) is 18.1. The second-order valence-electron chi connectivity index (χ2n) is 5.14. The molecule has 1 aromatic heterocycles. The lowest BCUT2D eigenvalue weighted by Gasteiger charge is -2.15. The molecule has 2 heterocycles. The van der Waals surface area contributed by atoms with Gasteiger partial charge in [0.1, 0.15) is 10.8 Å². The van der Waals surface area contributed by atoms with Crippen LogP contribution in [-0.4, -0.2) is 33.1 Å². The van der Waals surface area contributed by atoms with E-state index in [1.807, 2.05) is 0 Å². The van der Waals surface area contributed by atoms with E-state index in [4.69, 9.17) is 11.6 Å². The molecule has 1 fully saturated rings. The van der Waals surface area contributed by atoms with Crippen LogP contribution in [0.4, 0.5) is 10.1 Å². The van der Waals surface area contributed by atoms with Crippen molar-refractivity contribution in [1.82, 2.24) is 4.98 Å². The Kier molecular flexibility index (Phi) is 4.73. The SMILES string of the molecule is O=C(O)c1cccnc1S[C@@H]1CC(=O)N(c2ccc(F)c(Cl)c2)C1=O. The van der Waals surface area contributed by atoms with Crippen molar-refractivity contribution in [1.29, 1.82) is 0 Å². The van der Waals surface area contributed by atoms with E-state index in [2.05, 4.69) is 4.98 Å². The Hall–Kier alpha value is -2.45. The Morgan fingerprint density at radius 3 is 2.80 bits per heavy atom. The Labute approximate surface area is 150 Å². The highest BCUT2D eigenvalue weighted by molar-refractivity contribution is 8.00. The van der Waals surface area contributed by atoms with Gasteiger partial charge in [-0.3, -0.25) is 9.59 Å². The molecule has 9 heteroatoms.